The van der Waals surface area contributed by atoms with Gasteiger partial charge in [0.25, 0.3) is 0 Å². The molecular formula is C55H49N3S3. The molecule has 2 atom stereocenters. The van der Waals surface area contributed by atoms with Crippen molar-refractivity contribution in [2.45, 2.75) is 51.7 Å². The third-order valence-corrected chi connectivity index (χ3v) is 15.8. The lowest BCUT2D eigenvalue weighted by Gasteiger charge is -2.38. The largest absolute Gasteiger partial charge is 0.309 e. The average molecular weight is 848 g/mol. The number of nitriles is 1. The van der Waals surface area contributed by atoms with Crippen LogP contribution in [-0.4, -0.2) is 23.7 Å². The van der Waals surface area contributed by atoms with Gasteiger partial charge in [0.05, 0.1) is 33.6 Å². The van der Waals surface area contributed by atoms with Crippen LogP contribution >= 0.6 is 35.7 Å². The van der Waals surface area contributed by atoms with Crippen LogP contribution in [0.4, 0.5) is 0 Å². The zero-order valence-electron chi connectivity index (χ0n) is 35.5. The van der Waals surface area contributed by atoms with E-state index in [-0.39, 0.29) is 16.6 Å². The van der Waals surface area contributed by atoms with Crippen LogP contribution in [0.1, 0.15) is 52.5 Å². The molecule has 2 aromatic heterocycles. The van der Waals surface area contributed by atoms with E-state index in [9.17, 15) is 5.26 Å². The monoisotopic (exact) mass is 847 g/mol. The fourth-order valence-corrected chi connectivity index (χ4v) is 11.5. The fraction of sp³-hybridized carbons (Fsp3) is 0.200. The second-order valence-corrected chi connectivity index (χ2v) is 21.0. The van der Waals surface area contributed by atoms with E-state index in [1.165, 1.54) is 71.4 Å². The summed E-state index contributed by atoms with van der Waals surface area (Å²) >= 11 is 9.12. The zero-order chi connectivity index (χ0) is 42.5. The number of aromatic nitrogens is 2. The van der Waals surface area contributed by atoms with Gasteiger partial charge in [-0.05, 0) is 135 Å². The van der Waals surface area contributed by atoms with E-state index in [0.29, 0.717) is 0 Å². The molecule has 0 N–H and O–H groups in total. The Labute approximate surface area is 373 Å². The molecular weight excluding hydrogens is 799 g/mol. The zero-order valence-corrected chi connectivity index (χ0v) is 38.0. The van der Waals surface area contributed by atoms with Gasteiger partial charge in [-0.15, -0.1) is 23.5 Å². The molecule has 3 nitrogen and oxygen atoms in total. The Morgan fingerprint density at radius 1 is 0.574 bits per heavy atom. The number of hydrogen-bond acceptors (Lipinski definition) is 4. The van der Waals surface area contributed by atoms with Crippen molar-refractivity contribution in [3.63, 3.8) is 0 Å². The normalized spacial score (nSPS) is 13.2. The smallest absolute Gasteiger partial charge is 0.104 e. The standard InChI is InChI=1S/C55H49N3S3/c1-36(54(2,3)35-56)33-48(55(4,5)61-53(59)60-6)40-21-19-39(20-22-40)41-27-32-52-47(34-41)46-15-9-12-18-51(46)58(52)43-30-25-38(26-31-43)37-23-28-42(29-24-37)57-49-16-10-7-13-44(49)45-14-8-11-17-50(45)57/h7-32,34,36,48H,33H2,1-6H3. The minimum Gasteiger partial charge on any atom is -0.309 e. The first-order valence-electron chi connectivity index (χ1n) is 21.0. The highest BCUT2D eigenvalue weighted by Gasteiger charge is 2.37. The number of thiocarbonyl (C=S) groups is 1. The topological polar surface area (TPSA) is 33.6 Å². The molecule has 0 aliphatic heterocycles. The summed E-state index contributed by atoms with van der Waals surface area (Å²) in [6, 6.07) is 62.5. The van der Waals surface area contributed by atoms with Gasteiger partial charge in [-0.2, -0.15) is 5.26 Å². The summed E-state index contributed by atoms with van der Waals surface area (Å²) in [6.07, 6.45) is 2.95. The van der Waals surface area contributed by atoms with Crippen LogP contribution in [0.2, 0.25) is 0 Å². The molecule has 0 spiro atoms. The highest BCUT2D eigenvalue weighted by atomic mass is 32.2. The highest BCUT2D eigenvalue weighted by molar-refractivity contribution is 8.47. The first-order chi connectivity index (χ1) is 29.5. The van der Waals surface area contributed by atoms with E-state index in [1.54, 1.807) is 23.5 Å². The van der Waals surface area contributed by atoms with Crippen molar-refractivity contribution in [1.82, 2.24) is 9.13 Å². The number of para-hydroxylation sites is 3. The molecule has 0 saturated heterocycles. The van der Waals surface area contributed by atoms with E-state index in [0.717, 1.165) is 21.3 Å². The predicted molar refractivity (Wildman–Crippen MR) is 270 cm³/mol. The first kappa shape index (κ1) is 40.8. The summed E-state index contributed by atoms with van der Waals surface area (Å²) in [6.45, 7) is 10.9. The maximum atomic E-state index is 9.96. The van der Waals surface area contributed by atoms with Crippen molar-refractivity contribution in [2.24, 2.45) is 11.3 Å². The van der Waals surface area contributed by atoms with Crippen LogP contribution < -0.4 is 0 Å². The molecule has 9 aromatic rings. The Hall–Kier alpha value is -5.58. The molecule has 0 aliphatic rings. The fourth-order valence-electron chi connectivity index (χ4n) is 9.05. The molecule has 0 aliphatic carbocycles. The van der Waals surface area contributed by atoms with Gasteiger partial charge >= 0.3 is 0 Å². The van der Waals surface area contributed by atoms with E-state index >= 15 is 0 Å². The van der Waals surface area contributed by atoms with Gasteiger partial charge < -0.3 is 9.13 Å². The SMILES string of the molecule is CSC(=S)SC(C)(C)C(CC(C)C(C)(C)C#N)c1ccc(-c2ccc3c(c2)c2ccccc2n3-c2ccc(-c3ccc(-n4c5ccccc5c5ccccc54)cc3)cc2)cc1. The predicted octanol–water partition coefficient (Wildman–Crippen LogP) is 16.0. The Balaban J connectivity index is 1.02. The van der Waals surface area contributed by atoms with Crippen LogP contribution in [-0.2, 0) is 0 Å². The Morgan fingerprint density at radius 2 is 0.984 bits per heavy atom. The van der Waals surface area contributed by atoms with Crippen molar-refractivity contribution < 1.29 is 0 Å². The molecule has 6 heteroatoms. The Morgan fingerprint density at radius 3 is 1.46 bits per heavy atom. The second kappa shape index (κ2) is 16.4. The third-order valence-electron chi connectivity index (χ3n) is 12.9. The molecule has 302 valence electrons. The van der Waals surface area contributed by atoms with Crippen molar-refractivity contribution in [3.05, 3.63) is 169 Å². The van der Waals surface area contributed by atoms with Gasteiger partial charge in [0.15, 0.2) is 0 Å². The quantitative estimate of drug-likeness (QED) is 0.128. The molecule has 7 aromatic carbocycles. The van der Waals surface area contributed by atoms with E-state index in [1.807, 2.05) is 0 Å². The summed E-state index contributed by atoms with van der Waals surface area (Å²) in [4.78, 5) is 0. The number of benzene rings is 7. The van der Waals surface area contributed by atoms with Crippen LogP contribution in [0.25, 0.3) is 77.2 Å². The van der Waals surface area contributed by atoms with Gasteiger partial charge in [-0.3, -0.25) is 0 Å². The van der Waals surface area contributed by atoms with Gasteiger partial charge in [-0.25, -0.2) is 0 Å². The molecule has 0 amide bonds. The molecule has 61 heavy (non-hydrogen) atoms. The third kappa shape index (κ3) is 7.58. The summed E-state index contributed by atoms with van der Waals surface area (Å²) in [7, 11) is 0. The number of thioether (sulfide) groups is 2. The molecule has 0 saturated carbocycles. The number of fused-ring (bicyclic) bond motifs is 6. The van der Waals surface area contributed by atoms with Gasteiger partial charge in [0.2, 0.25) is 0 Å². The highest BCUT2D eigenvalue weighted by Crippen LogP contribution is 2.47. The second-order valence-electron chi connectivity index (χ2n) is 17.4. The summed E-state index contributed by atoms with van der Waals surface area (Å²) in [5.74, 6) is 0.433. The van der Waals surface area contributed by atoms with E-state index in [4.69, 9.17) is 12.2 Å². The first-order valence-corrected chi connectivity index (χ1v) is 23.4. The van der Waals surface area contributed by atoms with Crippen molar-refractivity contribution >= 4 is 82.9 Å². The molecule has 2 unspecified atom stereocenters. The lowest BCUT2D eigenvalue weighted by molar-refractivity contribution is 0.268. The minimum absolute atomic E-state index is 0.140. The minimum atomic E-state index is -0.419. The summed E-state index contributed by atoms with van der Waals surface area (Å²) < 4.78 is 5.56. The van der Waals surface area contributed by atoms with Crippen molar-refractivity contribution in [1.29, 1.82) is 5.26 Å². The van der Waals surface area contributed by atoms with Gasteiger partial charge in [-0.1, -0.05) is 128 Å². The van der Waals surface area contributed by atoms with Gasteiger partial charge in [0, 0.05) is 37.7 Å². The molecule has 0 fully saturated rings. The van der Waals surface area contributed by atoms with Crippen molar-refractivity contribution in [3.8, 4) is 39.7 Å². The van der Waals surface area contributed by atoms with Crippen LogP contribution in [0.3, 0.4) is 0 Å². The van der Waals surface area contributed by atoms with E-state index < -0.39 is 5.41 Å². The van der Waals surface area contributed by atoms with Crippen molar-refractivity contribution in [2.75, 3.05) is 6.26 Å². The summed E-state index contributed by atoms with van der Waals surface area (Å²) in [5.41, 5.74) is 12.7. The maximum Gasteiger partial charge on any atom is 0.104 e. The summed E-state index contributed by atoms with van der Waals surface area (Å²) in [5, 5.41) is 15.0. The molecule has 9 rings (SSSR count). The van der Waals surface area contributed by atoms with Gasteiger partial charge in [0.1, 0.15) is 3.53 Å². The lowest BCUT2D eigenvalue weighted by atomic mass is 9.72. The van der Waals surface area contributed by atoms with E-state index in [2.05, 4.69) is 220 Å². The van der Waals surface area contributed by atoms with Crippen LogP contribution in [0.5, 0.6) is 0 Å². The molecule has 0 bridgehead atoms. The van der Waals surface area contributed by atoms with Crippen LogP contribution in [0, 0.1) is 22.7 Å². The maximum absolute atomic E-state index is 9.96. The van der Waals surface area contributed by atoms with Crippen LogP contribution in [0.15, 0.2) is 164 Å². The Bertz CT molecular complexity index is 3050. The molecule has 2 heterocycles. The Kier molecular flexibility index (Phi) is 10.9. The lowest BCUT2D eigenvalue weighted by Crippen LogP contribution is -2.31. The number of rotatable bonds is 10. The average Bonchev–Trinajstić information content (AvgIpc) is 3.80. The number of nitrogens with zero attached hydrogens (tertiary/aromatic N) is 3. The molecule has 0 radical (unpaired) electrons. The number of hydrogen-bond donors (Lipinski definition) is 0.